The molecule has 0 amide bonds. The molecule has 0 bridgehead atoms. The maximum atomic E-state index is 11.4. The number of rotatable bonds is 7. The molecule has 0 saturated carbocycles. The molecule has 1 aromatic rings. The summed E-state index contributed by atoms with van der Waals surface area (Å²) in [6.45, 7) is 2.75. The molecule has 0 saturated heterocycles. The number of sulfone groups is 1. The number of nitrogens with one attached hydrogen (secondary N) is 1. The van der Waals surface area contributed by atoms with Crippen LogP contribution < -0.4 is 5.32 Å². The van der Waals surface area contributed by atoms with Crippen molar-refractivity contribution in [3.05, 3.63) is 24.6 Å². The highest BCUT2D eigenvalue weighted by molar-refractivity contribution is 7.91. The maximum absolute atomic E-state index is 11.4. The lowest BCUT2D eigenvalue weighted by Crippen LogP contribution is -2.23. The number of anilines is 1. The quantitative estimate of drug-likeness (QED) is 0.824. The van der Waals surface area contributed by atoms with Crippen LogP contribution in [0.25, 0.3) is 0 Å². The molecular formula is C13H21N3O3S. The number of hydrogen-bond donors (Lipinski definition) is 1. The van der Waals surface area contributed by atoms with E-state index in [1.807, 2.05) is 12.1 Å². The molecule has 2 heterocycles. The van der Waals surface area contributed by atoms with E-state index in [1.54, 1.807) is 24.1 Å². The average Bonchev–Trinajstić information content (AvgIpc) is 2.92. The summed E-state index contributed by atoms with van der Waals surface area (Å²) in [5, 5.41) is 7.51. The Morgan fingerprint density at radius 1 is 1.55 bits per heavy atom. The van der Waals surface area contributed by atoms with E-state index in [4.69, 9.17) is 4.74 Å². The Bertz CT molecular complexity index is 551. The van der Waals surface area contributed by atoms with Gasteiger partial charge < -0.3 is 10.1 Å². The van der Waals surface area contributed by atoms with Crippen LogP contribution in [-0.2, 0) is 21.1 Å². The highest BCUT2D eigenvalue weighted by atomic mass is 32.2. The molecule has 0 fully saturated rings. The minimum Gasteiger partial charge on any atom is -0.497 e. The van der Waals surface area contributed by atoms with E-state index in [-0.39, 0.29) is 17.6 Å². The van der Waals surface area contributed by atoms with Gasteiger partial charge in [0.2, 0.25) is 0 Å². The Morgan fingerprint density at radius 3 is 3.10 bits per heavy atom. The van der Waals surface area contributed by atoms with E-state index in [9.17, 15) is 8.42 Å². The fourth-order valence-corrected chi connectivity index (χ4v) is 2.66. The van der Waals surface area contributed by atoms with Gasteiger partial charge in [0.1, 0.15) is 11.9 Å². The molecule has 20 heavy (non-hydrogen) atoms. The molecule has 0 spiro atoms. The molecule has 7 heteroatoms. The molecule has 0 aliphatic carbocycles. The predicted molar refractivity (Wildman–Crippen MR) is 78.3 cm³/mol. The third kappa shape index (κ3) is 4.56. The first-order chi connectivity index (χ1) is 9.59. The summed E-state index contributed by atoms with van der Waals surface area (Å²) in [4.78, 5) is 0. The fraction of sp³-hybridized carbons (Fsp3) is 0.615. The fourth-order valence-electron chi connectivity index (χ4n) is 1.91. The SMILES string of the molecule is CCS(=O)(=O)CCn1ccc(NC[C@@H]2CCC=CO2)n1. The Morgan fingerprint density at radius 2 is 2.40 bits per heavy atom. The van der Waals surface area contributed by atoms with E-state index in [1.165, 1.54) is 0 Å². The Labute approximate surface area is 119 Å². The van der Waals surface area contributed by atoms with Gasteiger partial charge in [0.15, 0.2) is 9.84 Å². The van der Waals surface area contributed by atoms with E-state index >= 15 is 0 Å². The summed E-state index contributed by atoms with van der Waals surface area (Å²) in [5.41, 5.74) is 0. The van der Waals surface area contributed by atoms with E-state index in [0.717, 1.165) is 18.7 Å². The summed E-state index contributed by atoms with van der Waals surface area (Å²) in [6.07, 6.45) is 7.75. The van der Waals surface area contributed by atoms with Gasteiger partial charge in [-0.1, -0.05) is 6.92 Å². The second-order valence-electron chi connectivity index (χ2n) is 4.79. The van der Waals surface area contributed by atoms with Gasteiger partial charge in [-0.25, -0.2) is 8.42 Å². The molecule has 112 valence electrons. The Kier molecular flexibility index (Phi) is 5.05. The highest BCUT2D eigenvalue weighted by Crippen LogP contribution is 2.11. The molecule has 0 radical (unpaired) electrons. The lowest BCUT2D eigenvalue weighted by Gasteiger charge is -2.19. The number of ether oxygens (including phenoxy) is 1. The molecule has 2 rings (SSSR count). The predicted octanol–water partition coefficient (Wildman–Crippen LogP) is 1.42. The minimum absolute atomic E-state index is 0.126. The molecule has 0 aromatic carbocycles. The van der Waals surface area contributed by atoms with Crippen LogP contribution in [0, 0.1) is 0 Å². The van der Waals surface area contributed by atoms with Gasteiger partial charge in [0.05, 0.1) is 25.1 Å². The Balaban J connectivity index is 1.78. The molecule has 1 atom stereocenters. The molecule has 1 aliphatic heterocycles. The van der Waals surface area contributed by atoms with Crippen LogP contribution in [-0.4, -0.2) is 42.4 Å². The molecule has 0 unspecified atom stereocenters. The van der Waals surface area contributed by atoms with Gasteiger partial charge in [0.25, 0.3) is 0 Å². The van der Waals surface area contributed by atoms with E-state index in [0.29, 0.717) is 13.1 Å². The van der Waals surface area contributed by atoms with Crippen LogP contribution in [0.3, 0.4) is 0 Å². The smallest absolute Gasteiger partial charge is 0.151 e. The number of aromatic nitrogens is 2. The summed E-state index contributed by atoms with van der Waals surface area (Å²) >= 11 is 0. The number of nitrogens with zero attached hydrogens (tertiary/aromatic N) is 2. The number of allylic oxidation sites excluding steroid dienone is 1. The zero-order chi connectivity index (χ0) is 14.4. The van der Waals surface area contributed by atoms with Crippen molar-refractivity contribution in [3.63, 3.8) is 0 Å². The lowest BCUT2D eigenvalue weighted by atomic mass is 10.1. The van der Waals surface area contributed by atoms with Crippen LogP contribution in [0.2, 0.25) is 0 Å². The molecule has 6 nitrogen and oxygen atoms in total. The van der Waals surface area contributed by atoms with Gasteiger partial charge in [-0.15, -0.1) is 0 Å². The third-order valence-electron chi connectivity index (χ3n) is 3.25. The van der Waals surface area contributed by atoms with Gasteiger partial charge in [0, 0.05) is 18.0 Å². The topological polar surface area (TPSA) is 73.2 Å². The Hall–Kier alpha value is -1.50. The van der Waals surface area contributed by atoms with Crippen LogP contribution in [0.5, 0.6) is 0 Å². The molecule has 1 aliphatic rings. The summed E-state index contributed by atoms with van der Waals surface area (Å²) in [5.74, 6) is 1.05. The van der Waals surface area contributed by atoms with Crippen LogP contribution >= 0.6 is 0 Å². The highest BCUT2D eigenvalue weighted by Gasteiger charge is 2.11. The van der Waals surface area contributed by atoms with E-state index in [2.05, 4.69) is 10.4 Å². The molecule has 1 aromatic heterocycles. The summed E-state index contributed by atoms with van der Waals surface area (Å²) < 4.78 is 30.0. The van der Waals surface area contributed by atoms with Crippen molar-refractivity contribution in [1.82, 2.24) is 9.78 Å². The molecule has 1 N–H and O–H groups in total. The monoisotopic (exact) mass is 299 g/mol. The summed E-state index contributed by atoms with van der Waals surface area (Å²) in [6, 6.07) is 1.84. The first-order valence-corrected chi connectivity index (χ1v) is 8.69. The van der Waals surface area contributed by atoms with Crippen LogP contribution in [0.4, 0.5) is 5.82 Å². The number of aryl methyl sites for hydroxylation is 1. The van der Waals surface area contributed by atoms with Crippen molar-refractivity contribution >= 4 is 15.7 Å². The van der Waals surface area contributed by atoms with E-state index < -0.39 is 9.84 Å². The summed E-state index contributed by atoms with van der Waals surface area (Å²) in [7, 11) is -2.95. The number of hydrogen-bond acceptors (Lipinski definition) is 5. The molecular weight excluding hydrogens is 278 g/mol. The average molecular weight is 299 g/mol. The van der Waals surface area contributed by atoms with Gasteiger partial charge >= 0.3 is 0 Å². The lowest BCUT2D eigenvalue weighted by molar-refractivity contribution is 0.135. The van der Waals surface area contributed by atoms with Gasteiger partial charge in [-0.3, -0.25) is 4.68 Å². The van der Waals surface area contributed by atoms with Crippen molar-refractivity contribution in [1.29, 1.82) is 0 Å². The zero-order valence-electron chi connectivity index (χ0n) is 11.7. The van der Waals surface area contributed by atoms with Crippen LogP contribution in [0.15, 0.2) is 24.6 Å². The minimum atomic E-state index is -2.95. The van der Waals surface area contributed by atoms with Crippen molar-refractivity contribution in [2.24, 2.45) is 0 Å². The second kappa shape index (κ2) is 6.78. The normalized spacial score (nSPS) is 18.8. The van der Waals surface area contributed by atoms with Gasteiger partial charge in [-0.2, -0.15) is 5.10 Å². The van der Waals surface area contributed by atoms with Crippen molar-refractivity contribution in [2.45, 2.75) is 32.4 Å². The maximum Gasteiger partial charge on any atom is 0.151 e. The second-order valence-corrected chi connectivity index (χ2v) is 7.26. The zero-order valence-corrected chi connectivity index (χ0v) is 12.5. The van der Waals surface area contributed by atoms with Crippen LogP contribution in [0.1, 0.15) is 19.8 Å². The first-order valence-electron chi connectivity index (χ1n) is 6.87. The third-order valence-corrected chi connectivity index (χ3v) is 4.93. The largest absolute Gasteiger partial charge is 0.497 e. The van der Waals surface area contributed by atoms with Gasteiger partial charge in [-0.05, 0) is 18.9 Å². The van der Waals surface area contributed by atoms with Crippen molar-refractivity contribution in [3.8, 4) is 0 Å². The standard InChI is InChI=1S/C13H21N3O3S/c1-2-20(17,18)10-8-16-7-6-13(15-16)14-11-12-5-3-4-9-19-12/h4,6-7,9,12H,2-3,5,8,10-11H2,1H3,(H,14,15)/t12-/m0/s1. The first kappa shape index (κ1) is 14.9. The van der Waals surface area contributed by atoms with Crippen molar-refractivity contribution in [2.75, 3.05) is 23.4 Å². The van der Waals surface area contributed by atoms with Crippen molar-refractivity contribution < 1.29 is 13.2 Å².